The summed E-state index contributed by atoms with van der Waals surface area (Å²) in [6.45, 7) is -0.205. The Hall–Kier alpha value is -3.40. The molecule has 0 radical (unpaired) electrons. The third-order valence-electron chi connectivity index (χ3n) is 4.86. The number of para-hydroxylation sites is 1. The molecule has 0 aliphatic carbocycles. The van der Waals surface area contributed by atoms with Crippen LogP contribution in [0.4, 0.5) is 15.8 Å². The molecule has 10 heteroatoms. The number of nitrogens with zero attached hydrogens (tertiary/aromatic N) is 1. The molecular weight excluding hydrogens is 511 g/mol. The molecule has 178 valence electrons. The van der Waals surface area contributed by atoms with Crippen LogP contribution in [0.5, 0.6) is 11.5 Å². The van der Waals surface area contributed by atoms with Gasteiger partial charge in [0, 0.05) is 5.69 Å². The first-order valence-electron chi connectivity index (χ1n) is 10.2. The fraction of sp³-hybridized carbons (Fsp3) is 0.0800. The van der Waals surface area contributed by atoms with Crippen LogP contribution in [0.2, 0.25) is 5.02 Å². The summed E-state index contributed by atoms with van der Waals surface area (Å²) < 4.78 is 24.8. The summed E-state index contributed by atoms with van der Waals surface area (Å²) in [5.41, 5.74) is 1.72. The number of hydrogen-bond donors (Lipinski definition) is 1. The van der Waals surface area contributed by atoms with Gasteiger partial charge in [0.1, 0.15) is 5.82 Å². The summed E-state index contributed by atoms with van der Waals surface area (Å²) in [5.74, 6) is -0.469. The normalized spacial score (nSPS) is 14.4. The Bertz CT molecular complexity index is 1330. The van der Waals surface area contributed by atoms with Crippen LogP contribution >= 0.6 is 35.6 Å². The molecule has 0 unspecified atom stereocenters. The van der Waals surface area contributed by atoms with Gasteiger partial charge in [0.05, 0.1) is 22.7 Å². The largest absolute Gasteiger partial charge is 0.493 e. The number of ether oxygens (including phenoxy) is 2. The first-order chi connectivity index (χ1) is 16.9. The average Bonchev–Trinajstić information content (AvgIpc) is 3.13. The Balaban J connectivity index is 1.47. The number of benzene rings is 3. The third kappa shape index (κ3) is 5.82. The van der Waals surface area contributed by atoms with Crippen molar-refractivity contribution in [3.8, 4) is 11.5 Å². The molecule has 0 spiro atoms. The monoisotopic (exact) mass is 528 g/mol. The molecule has 3 aromatic carbocycles. The lowest BCUT2D eigenvalue weighted by atomic mass is 10.2. The maximum absolute atomic E-state index is 13.5. The van der Waals surface area contributed by atoms with E-state index in [0.717, 1.165) is 11.8 Å². The van der Waals surface area contributed by atoms with Gasteiger partial charge in [-0.15, -0.1) is 0 Å². The average molecular weight is 529 g/mol. The molecule has 1 saturated heterocycles. The van der Waals surface area contributed by atoms with Crippen LogP contribution in [0, 0.1) is 5.82 Å². The second kappa shape index (κ2) is 10.9. The molecule has 6 nitrogen and oxygen atoms in total. The van der Waals surface area contributed by atoms with E-state index in [4.69, 9.17) is 33.3 Å². The van der Waals surface area contributed by atoms with Gasteiger partial charge in [-0.2, -0.15) is 0 Å². The van der Waals surface area contributed by atoms with Crippen molar-refractivity contribution in [3.63, 3.8) is 0 Å². The van der Waals surface area contributed by atoms with E-state index in [2.05, 4.69) is 5.32 Å². The fourth-order valence-corrected chi connectivity index (χ4v) is 4.69. The zero-order chi connectivity index (χ0) is 24.9. The van der Waals surface area contributed by atoms with Gasteiger partial charge in [-0.05, 0) is 54.1 Å². The second-order valence-corrected chi connectivity index (χ2v) is 9.31. The number of thioether (sulfide) groups is 1. The van der Waals surface area contributed by atoms with E-state index >= 15 is 0 Å². The molecule has 2 amide bonds. The van der Waals surface area contributed by atoms with Crippen LogP contribution in [-0.4, -0.2) is 29.9 Å². The minimum absolute atomic E-state index is 0.0988. The van der Waals surface area contributed by atoms with E-state index in [1.54, 1.807) is 36.4 Å². The highest BCUT2D eigenvalue weighted by atomic mass is 35.5. The number of carbonyl (C=O) groups is 2. The quantitative estimate of drug-likeness (QED) is 0.304. The van der Waals surface area contributed by atoms with E-state index in [1.807, 2.05) is 18.2 Å². The Labute approximate surface area is 215 Å². The number of halogens is 2. The van der Waals surface area contributed by atoms with E-state index in [9.17, 15) is 14.0 Å². The molecular formula is C25H18ClFN2O4S2. The van der Waals surface area contributed by atoms with Crippen LogP contribution in [-0.2, 0) is 9.59 Å². The molecule has 1 fully saturated rings. The molecule has 0 bridgehead atoms. The van der Waals surface area contributed by atoms with Gasteiger partial charge in [0.2, 0.25) is 0 Å². The standard InChI is InChI=1S/C25H18ClFN2O4S2/c1-32-21-11-15(7-10-20(21)33-14-23(30)28-16-5-3-2-4-6-16)12-22-24(31)29(25(34)35-22)17-8-9-19(27)18(26)13-17/h2-13H,14H2,1H3,(H,28,30). The zero-order valence-corrected chi connectivity index (χ0v) is 20.7. The molecule has 1 aliphatic heterocycles. The number of anilines is 2. The van der Waals surface area contributed by atoms with Gasteiger partial charge >= 0.3 is 0 Å². The van der Waals surface area contributed by atoms with Crippen molar-refractivity contribution in [1.29, 1.82) is 0 Å². The minimum Gasteiger partial charge on any atom is -0.493 e. The van der Waals surface area contributed by atoms with Crippen molar-refractivity contribution in [2.45, 2.75) is 0 Å². The van der Waals surface area contributed by atoms with Gasteiger partial charge in [-0.25, -0.2) is 4.39 Å². The van der Waals surface area contributed by atoms with E-state index in [-0.39, 0.29) is 23.4 Å². The summed E-state index contributed by atoms with van der Waals surface area (Å²) >= 11 is 12.3. The predicted octanol–water partition coefficient (Wildman–Crippen LogP) is 5.91. The van der Waals surface area contributed by atoms with E-state index in [1.165, 1.54) is 30.2 Å². The number of nitrogens with one attached hydrogen (secondary N) is 1. The number of methoxy groups -OCH3 is 1. The highest BCUT2D eigenvalue weighted by molar-refractivity contribution is 8.27. The number of thiocarbonyl (C=S) groups is 1. The first-order valence-corrected chi connectivity index (χ1v) is 11.8. The molecule has 3 aromatic rings. The topological polar surface area (TPSA) is 67.9 Å². The van der Waals surface area contributed by atoms with Crippen molar-refractivity contribution in [3.05, 3.63) is 88.0 Å². The second-order valence-electron chi connectivity index (χ2n) is 7.23. The summed E-state index contributed by atoms with van der Waals surface area (Å²) in [4.78, 5) is 26.8. The number of rotatable bonds is 7. The van der Waals surface area contributed by atoms with Gasteiger partial charge in [-0.1, -0.05) is 59.8 Å². The lowest BCUT2D eigenvalue weighted by Crippen LogP contribution is -2.27. The third-order valence-corrected chi connectivity index (χ3v) is 6.45. The van der Waals surface area contributed by atoms with E-state index < -0.39 is 5.82 Å². The molecule has 0 saturated carbocycles. The van der Waals surface area contributed by atoms with Crippen LogP contribution in [0.3, 0.4) is 0 Å². The minimum atomic E-state index is -0.580. The van der Waals surface area contributed by atoms with Gasteiger partial charge < -0.3 is 14.8 Å². The van der Waals surface area contributed by atoms with Crippen molar-refractivity contribution in [2.24, 2.45) is 0 Å². The molecule has 0 atom stereocenters. The lowest BCUT2D eigenvalue weighted by Gasteiger charge is -2.14. The SMILES string of the molecule is COc1cc(C=C2SC(=S)N(c3ccc(F)c(Cl)c3)C2=O)ccc1OCC(=O)Nc1ccccc1. The van der Waals surface area contributed by atoms with Crippen molar-refractivity contribution < 1.29 is 23.5 Å². The number of carbonyl (C=O) groups excluding carboxylic acids is 2. The Morgan fingerprint density at radius 1 is 1.14 bits per heavy atom. The van der Waals surface area contributed by atoms with Gasteiger partial charge in [-0.3, -0.25) is 14.5 Å². The Kier molecular flexibility index (Phi) is 7.70. The molecule has 4 rings (SSSR count). The highest BCUT2D eigenvalue weighted by Crippen LogP contribution is 2.38. The smallest absolute Gasteiger partial charge is 0.270 e. The Morgan fingerprint density at radius 2 is 1.91 bits per heavy atom. The van der Waals surface area contributed by atoms with Crippen LogP contribution < -0.4 is 19.7 Å². The maximum Gasteiger partial charge on any atom is 0.270 e. The molecule has 0 aromatic heterocycles. The molecule has 1 aliphatic rings. The molecule has 1 N–H and O–H groups in total. The Morgan fingerprint density at radius 3 is 2.63 bits per heavy atom. The lowest BCUT2D eigenvalue weighted by molar-refractivity contribution is -0.118. The van der Waals surface area contributed by atoms with Gasteiger partial charge in [0.25, 0.3) is 11.8 Å². The molecule has 35 heavy (non-hydrogen) atoms. The number of hydrogen-bond acceptors (Lipinski definition) is 6. The van der Waals surface area contributed by atoms with E-state index in [0.29, 0.717) is 37.7 Å². The summed E-state index contributed by atoms with van der Waals surface area (Å²) in [6, 6.07) is 18.1. The van der Waals surface area contributed by atoms with Gasteiger partial charge in [0.15, 0.2) is 22.4 Å². The predicted molar refractivity (Wildman–Crippen MR) is 141 cm³/mol. The zero-order valence-electron chi connectivity index (χ0n) is 18.3. The maximum atomic E-state index is 13.5. The number of amides is 2. The summed E-state index contributed by atoms with van der Waals surface area (Å²) in [5, 5.41) is 2.64. The van der Waals surface area contributed by atoms with Crippen LogP contribution in [0.1, 0.15) is 5.56 Å². The summed E-state index contributed by atoms with van der Waals surface area (Å²) in [7, 11) is 1.48. The summed E-state index contributed by atoms with van der Waals surface area (Å²) in [6.07, 6.45) is 1.67. The van der Waals surface area contributed by atoms with Crippen molar-refractivity contribution >= 4 is 69.2 Å². The highest BCUT2D eigenvalue weighted by Gasteiger charge is 2.33. The van der Waals surface area contributed by atoms with Crippen molar-refractivity contribution in [1.82, 2.24) is 0 Å². The van der Waals surface area contributed by atoms with Crippen LogP contribution in [0.15, 0.2) is 71.6 Å². The fourth-order valence-electron chi connectivity index (χ4n) is 3.22. The molecule has 1 heterocycles. The van der Waals surface area contributed by atoms with Crippen LogP contribution in [0.25, 0.3) is 6.08 Å². The first kappa shape index (κ1) is 24.7. The van der Waals surface area contributed by atoms with Crippen molar-refractivity contribution in [2.75, 3.05) is 23.9 Å².